The summed E-state index contributed by atoms with van der Waals surface area (Å²) in [6.07, 6.45) is 2.23. The molecule has 3 N–H and O–H groups in total. The number of guanidine groups is 1. The van der Waals surface area contributed by atoms with Gasteiger partial charge in [0, 0.05) is 6.54 Å². The van der Waals surface area contributed by atoms with Crippen LogP contribution in [0.3, 0.4) is 0 Å². The summed E-state index contributed by atoms with van der Waals surface area (Å²) in [5, 5.41) is 3.09. The molecule has 0 aromatic heterocycles. The molecule has 21 heavy (non-hydrogen) atoms. The molecule has 0 aliphatic carbocycles. The van der Waals surface area contributed by atoms with Crippen LogP contribution >= 0.6 is 24.0 Å². The van der Waals surface area contributed by atoms with Gasteiger partial charge in [-0.1, -0.05) is 19.4 Å². The molecule has 0 aliphatic rings. The molecule has 0 spiro atoms. The summed E-state index contributed by atoms with van der Waals surface area (Å²) in [5.41, 5.74) is 6.83. The maximum Gasteiger partial charge on any atom is 0.188 e. The van der Waals surface area contributed by atoms with Crippen LogP contribution in [0.2, 0.25) is 0 Å². The van der Waals surface area contributed by atoms with E-state index >= 15 is 0 Å². The number of ether oxygens (including phenoxy) is 2. The first kappa shape index (κ1) is 19.8. The first-order valence-corrected chi connectivity index (χ1v) is 7.04. The van der Waals surface area contributed by atoms with Crippen molar-refractivity contribution in [3.63, 3.8) is 0 Å². The van der Waals surface area contributed by atoms with Gasteiger partial charge in [-0.3, -0.25) is 0 Å². The highest BCUT2D eigenvalue weighted by atomic mass is 127. The number of unbranched alkanes of at least 4 members (excludes halogenated alkanes) is 1. The number of hydrogen-bond donors (Lipinski definition) is 2. The van der Waals surface area contributed by atoms with Crippen molar-refractivity contribution in [2.75, 3.05) is 20.3 Å². The summed E-state index contributed by atoms with van der Waals surface area (Å²) < 4.78 is 10.8. The van der Waals surface area contributed by atoms with E-state index in [9.17, 15) is 0 Å². The molecule has 0 saturated carbocycles. The van der Waals surface area contributed by atoms with Crippen molar-refractivity contribution in [1.29, 1.82) is 0 Å². The summed E-state index contributed by atoms with van der Waals surface area (Å²) in [6, 6.07) is 5.79. The number of nitrogens with two attached hydrogens (primary N) is 1. The van der Waals surface area contributed by atoms with Crippen LogP contribution in [0.1, 0.15) is 32.3 Å². The van der Waals surface area contributed by atoms with Gasteiger partial charge in [0.15, 0.2) is 17.5 Å². The van der Waals surface area contributed by atoms with Crippen LogP contribution in [0.15, 0.2) is 23.2 Å². The summed E-state index contributed by atoms with van der Waals surface area (Å²) in [4.78, 5) is 4.30. The van der Waals surface area contributed by atoms with Gasteiger partial charge in [0.25, 0.3) is 0 Å². The lowest BCUT2D eigenvalue weighted by Crippen LogP contribution is -2.32. The fourth-order valence-electron chi connectivity index (χ4n) is 1.71. The van der Waals surface area contributed by atoms with E-state index in [1.807, 2.05) is 25.1 Å². The average Bonchev–Trinajstić information content (AvgIpc) is 2.46. The molecule has 0 fully saturated rings. The number of benzene rings is 1. The maximum absolute atomic E-state index is 5.79. The fraction of sp³-hybridized carbons (Fsp3) is 0.533. The molecule has 120 valence electrons. The normalized spacial score (nSPS) is 10.7. The number of rotatable bonds is 8. The number of halogens is 1. The predicted molar refractivity (Wildman–Crippen MR) is 97.8 cm³/mol. The van der Waals surface area contributed by atoms with Crippen LogP contribution in [0, 0.1) is 0 Å². The Labute approximate surface area is 144 Å². The van der Waals surface area contributed by atoms with Crippen LogP contribution in [0.5, 0.6) is 11.5 Å². The van der Waals surface area contributed by atoms with Gasteiger partial charge in [0.2, 0.25) is 0 Å². The van der Waals surface area contributed by atoms with Crippen LogP contribution in [0.25, 0.3) is 0 Å². The molecule has 1 aromatic rings. The first-order valence-electron chi connectivity index (χ1n) is 7.04. The zero-order valence-corrected chi connectivity index (χ0v) is 15.3. The lowest BCUT2D eigenvalue weighted by molar-refractivity contribution is 0.310. The van der Waals surface area contributed by atoms with E-state index in [4.69, 9.17) is 15.2 Å². The highest BCUT2D eigenvalue weighted by Crippen LogP contribution is 2.28. The highest BCUT2D eigenvalue weighted by molar-refractivity contribution is 14.0. The third-order valence-electron chi connectivity index (χ3n) is 2.80. The van der Waals surface area contributed by atoms with Crippen LogP contribution in [0.4, 0.5) is 0 Å². The number of methoxy groups -OCH3 is 1. The van der Waals surface area contributed by atoms with Crippen molar-refractivity contribution in [3.8, 4) is 11.5 Å². The average molecular weight is 407 g/mol. The molecule has 0 amide bonds. The Balaban J connectivity index is 0.00000400. The van der Waals surface area contributed by atoms with Crippen molar-refractivity contribution in [2.24, 2.45) is 10.7 Å². The fourth-order valence-corrected chi connectivity index (χ4v) is 1.71. The molecule has 0 aliphatic heterocycles. The van der Waals surface area contributed by atoms with Gasteiger partial charge >= 0.3 is 0 Å². The molecule has 0 unspecified atom stereocenters. The Hall–Kier alpha value is -1.18. The van der Waals surface area contributed by atoms with Gasteiger partial charge < -0.3 is 20.5 Å². The Bertz CT molecular complexity index is 439. The predicted octanol–water partition coefficient (Wildman–Crippen LogP) is 2.92. The SMILES string of the molecule is CCCCNC(N)=NCc1ccc(OCC)c(OC)c1.I. The van der Waals surface area contributed by atoms with E-state index in [2.05, 4.69) is 17.2 Å². The number of nitrogens with zero attached hydrogens (tertiary/aromatic N) is 1. The molecular weight excluding hydrogens is 381 g/mol. The van der Waals surface area contributed by atoms with Crippen molar-refractivity contribution < 1.29 is 9.47 Å². The Kier molecular flexibility index (Phi) is 10.8. The van der Waals surface area contributed by atoms with E-state index in [1.54, 1.807) is 7.11 Å². The zero-order chi connectivity index (χ0) is 14.8. The Morgan fingerprint density at radius 2 is 2.05 bits per heavy atom. The van der Waals surface area contributed by atoms with Gasteiger partial charge in [-0.2, -0.15) is 0 Å². The number of hydrogen-bond acceptors (Lipinski definition) is 3. The summed E-state index contributed by atoms with van der Waals surface area (Å²) >= 11 is 0. The van der Waals surface area contributed by atoms with Gasteiger partial charge in [-0.15, -0.1) is 24.0 Å². The standard InChI is InChI=1S/C15H25N3O2.HI/c1-4-6-9-17-15(16)18-11-12-7-8-13(20-5-2)14(10-12)19-3;/h7-8,10H,4-6,9,11H2,1-3H3,(H3,16,17,18);1H. The lowest BCUT2D eigenvalue weighted by atomic mass is 10.2. The van der Waals surface area contributed by atoms with Gasteiger partial charge in [0.1, 0.15) is 0 Å². The quantitative estimate of drug-likeness (QED) is 0.301. The zero-order valence-electron chi connectivity index (χ0n) is 13.0. The van der Waals surface area contributed by atoms with Crippen molar-refractivity contribution in [2.45, 2.75) is 33.2 Å². The monoisotopic (exact) mass is 407 g/mol. The molecule has 0 heterocycles. The molecule has 5 nitrogen and oxygen atoms in total. The molecule has 6 heteroatoms. The third-order valence-corrected chi connectivity index (χ3v) is 2.80. The van der Waals surface area contributed by atoms with Gasteiger partial charge in [-0.05, 0) is 31.0 Å². The molecule has 0 bridgehead atoms. The Morgan fingerprint density at radius 1 is 1.29 bits per heavy atom. The molecular formula is C15H26IN3O2. The number of aliphatic imine (C=N–C) groups is 1. The van der Waals surface area contributed by atoms with Gasteiger partial charge in [0.05, 0.1) is 20.3 Å². The minimum absolute atomic E-state index is 0. The van der Waals surface area contributed by atoms with E-state index in [1.165, 1.54) is 0 Å². The van der Waals surface area contributed by atoms with Crippen molar-refractivity contribution in [3.05, 3.63) is 23.8 Å². The van der Waals surface area contributed by atoms with Gasteiger partial charge in [-0.25, -0.2) is 4.99 Å². The van der Waals surface area contributed by atoms with Crippen molar-refractivity contribution >= 4 is 29.9 Å². The van der Waals surface area contributed by atoms with E-state index in [0.29, 0.717) is 19.1 Å². The maximum atomic E-state index is 5.79. The molecule has 1 rings (SSSR count). The summed E-state index contributed by atoms with van der Waals surface area (Å²) in [5.74, 6) is 1.94. The highest BCUT2D eigenvalue weighted by Gasteiger charge is 2.04. The van der Waals surface area contributed by atoms with Crippen LogP contribution in [-0.4, -0.2) is 26.2 Å². The minimum Gasteiger partial charge on any atom is -0.493 e. The first-order chi connectivity index (χ1) is 9.71. The second kappa shape index (κ2) is 11.5. The number of nitrogens with one attached hydrogen (secondary N) is 1. The molecule has 0 radical (unpaired) electrons. The largest absolute Gasteiger partial charge is 0.493 e. The minimum atomic E-state index is 0. The van der Waals surface area contributed by atoms with Crippen LogP contribution < -0.4 is 20.5 Å². The third kappa shape index (κ3) is 7.40. The lowest BCUT2D eigenvalue weighted by Gasteiger charge is -2.10. The second-order valence-electron chi connectivity index (χ2n) is 4.40. The smallest absolute Gasteiger partial charge is 0.188 e. The summed E-state index contributed by atoms with van der Waals surface area (Å²) in [6.45, 7) is 6.08. The van der Waals surface area contributed by atoms with Crippen molar-refractivity contribution in [1.82, 2.24) is 5.32 Å². The van der Waals surface area contributed by atoms with E-state index < -0.39 is 0 Å². The van der Waals surface area contributed by atoms with Crippen LogP contribution in [-0.2, 0) is 6.54 Å². The molecule has 1 aromatic carbocycles. The molecule has 0 saturated heterocycles. The molecule has 0 atom stereocenters. The second-order valence-corrected chi connectivity index (χ2v) is 4.40. The summed E-state index contributed by atoms with van der Waals surface area (Å²) in [7, 11) is 1.63. The van der Waals surface area contributed by atoms with E-state index in [-0.39, 0.29) is 24.0 Å². The topological polar surface area (TPSA) is 68.9 Å². The Morgan fingerprint density at radius 3 is 2.67 bits per heavy atom. The van der Waals surface area contributed by atoms with E-state index in [0.717, 1.165) is 36.4 Å².